The second-order valence-corrected chi connectivity index (χ2v) is 6.13. The highest BCUT2D eigenvalue weighted by atomic mass is 79.9. The van der Waals surface area contributed by atoms with Gasteiger partial charge in [-0.1, -0.05) is 15.9 Å². The minimum atomic E-state index is 0.603. The Morgan fingerprint density at radius 3 is 2.85 bits per heavy atom. The van der Waals surface area contributed by atoms with Gasteiger partial charge >= 0.3 is 0 Å². The van der Waals surface area contributed by atoms with Gasteiger partial charge in [-0.25, -0.2) is 4.68 Å². The Hall–Kier alpha value is -1.72. The van der Waals surface area contributed by atoms with Crippen molar-refractivity contribution < 1.29 is 4.79 Å². The first-order valence-corrected chi connectivity index (χ1v) is 7.76. The van der Waals surface area contributed by atoms with Crippen LogP contribution in [0, 0.1) is 6.92 Å². The summed E-state index contributed by atoms with van der Waals surface area (Å²) < 4.78 is 2.79. The first-order chi connectivity index (χ1) is 9.69. The molecule has 20 heavy (non-hydrogen) atoms. The van der Waals surface area contributed by atoms with Crippen LogP contribution in [-0.4, -0.2) is 16.1 Å². The number of hydrogen-bond acceptors (Lipinski definition) is 3. The number of carbonyl (C=O) groups is 1. The molecule has 0 aliphatic heterocycles. The molecule has 0 radical (unpaired) electrons. The lowest BCUT2D eigenvalue weighted by atomic mass is 10.2. The summed E-state index contributed by atoms with van der Waals surface area (Å²) in [5.74, 6) is 0. The van der Waals surface area contributed by atoms with E-state index in [2.05, 4.69) is 21.0 Å². The number of halogens is 1. The second kappa shape index (κ2) is 5.34. The fraction of sp³-hybridized carbons (Fsp3) is 0.0667. The predicted octanol–water partition coefficient (Wildman–Crippen LogP) is 4.48. The Kier molecular flexibility index (Phi) is 3.54. The van der Waals surface area contributed by atoms with Crippen molar-refractivity contribution in [2.24, 2.45) is 0 Å². The number of aryl methyl sites for hydroxylation is 1. The number of rotatable bonds is 3. The molecule has 0 atom stereocenters. The molecule has 0 saturated heterocycles. The summed E-state index contributed by atoms with van der Waals surface area (Å²) in [6.07, 6.45) is 2.63. The van der Waals surface area contributed by atoms with Crippen molar-refractivity contribution in [2.75, 3.05) is 0 Å². The molecule has 2 heterocycles. The van der Waals surface area contributed by atoms with Crippen LogP contribution in [0.5, 0.6) is 0 Å². The van der Waals surface area contributed by atoms with E-state index in [0.717, 1.165) is 33.3 Å². The molecular formula is C15H11BrN2OS. The number of hydrogen-bond donors (Lipinski definition) is 0. The molecular weight excluding hydrogens is 336 g/mol. The molecule has 0 fully saturated rings. The van der Waals surface area contributed by atoms with E-state index in [0.29, 0.717) is 5.56 Å². The summed E-state index contributed by atoms with van der Waals surface area (Å²) in [5.41, 5.74) is 4.37. The highest BCUT2D eigenvalue weighted by Gasteiger charge is 2.13. The number of aldehydes is 1. The highest BCUT2D eigenvalue weighted by Crippen LogP contribution is 2.26. The molecule has 0 saturated carbocycles. The molecule has 0 aliphatic rings. The number of benzene rings is 1. The van der Waals surface area contributed by atoms with Crippen molar-refractivity contribution in [3.8, 4) is 16.9 Å². The molecule has 0 N–H and O–H groups in total. The van der Waals surface area contributed by atoms with Crippen molar-refractivity contribution in [3.05, 3.63) is 56.8 Å². The van der Waals surface area contributed by atoms with Gasteiger partial charge in [-0.05, 0) is 42.1 Å². The van der Waals surface area contributed by atoms with E-state index in [4.69, 9.17) is 0 Å². The minimum Gasteiger partial charge on any atom is -0.298 e. The van der Waals surface area contributed by atoms with Crippen LogP contribution in [0.2, 0.25) is 0 Å². The van der Waals surface area contributed by atoms with Crippen LogP contribution in [0.4, 0.5) is 0 Å². The van der Waals surface area contributed by atoms with Crippen molar-refractivity contribution >= 4 is 33.6 Å². The molecule has 3 nitrogen and oxygen atoms in total. The van der Waals surface area contributed by atoms with E-state index in [9.17, 15) is 4.79 Å². The van der Waals surface area contributed by atoms with E-state index in [1.165, 1.54) is 0 Å². The molecule has 0 amide bonds. The van der Waals surface area contributed by atoms with Crippen LogP contribution >= 0.6 is 27.3 Å². The Balaban J connectivity index is 2.14. The first-order valence-electron chi connectivity index (χ1n) is 6.03. The molecule has 3 aromatic rings. The number of carbonyl (C=O) groups excluding carboxylic acids is 1. The quantitative estimate of drug-likeness (QED) is 0.655. The van der Waals surface area contributed by atoms with Crippen molar-refractivity contribution in [1.29, 1.82) is 0 Å². The van der Waals surface area contributed by atoms with Crippen LogP contribution in [0.15, 0.2) is 45.7 Å². The van der Waals surface area contributed by atoms with Gasteiger partial charge in [-0.2, -0.15) is 16.4 Å². The SMILES string of the molecule is Cc1cc(Br)ccc1-n1cc(C=O)c(-c2ccsc2)n1. The maximum atomic E-state index is 11.2. The average Bonchev–Trinajstić information content (AvgIpc) is 3.07. The Labute approximate surface area is 129 Å². The Morgan fingerprint density at radius 2 is 2.20 bits per heavy atom. The summed E-state index contributed by atoms with van der Waals surface area (Å²) in [6, 6.07) is 7.95. The van der Waals surface area contributed by atoms with E-state index >= 15 is 0 Å². The summed E-state index contributed by atoms with van der Waals surface area (Å²) in [5, 5.41) is 8.54. The lowest BCUT2D eigenvalue weighted by Crippen LogP contribution is -1.97. The monoisotopic (exact) mass is 346 g/mol. The van der Waals surface area contributed by atoms with Crippen LogP contribution in [0.3, 0.4) is 0 Å². The highest BCUT2D eigenvalue weighted by molar-refractivity contribution is 9.10. The summed E-state index contributed by atoms with van der Waals surface area (Å²) in [6.45, 7) is 2.02. The third kappa shape index (κ3) is 2.34. The van der Waals surface area contributed by atoms with Gasteiger partial charge in [0.05, 0.1) is 11.3 Å². The second-order valence-electron chi connectivity index (χ2n) is 4.44. The summed E-state index contributed by atoms with van der Waals surface area (Å²) in [7, 11) is 0. The van der Waals surface area contributed by atoms with Crippen molar-refractivity contribution in [2.45, 2.75) is 6.92 Å². The fourth-order valence-electron chi connectivity index (χ4n) is 2.10. The molecule has 1 aromatic carbocycles. The molecule has 0 bridgehead atoms. The molecule has 0 spiro atoms. The van der Waals surface area contributed by atoms with E-state index in [1.54, 1.807) is 22.2 Å². The lowest BCUT2D eigenvalue weighted by Gasteiger charge is -2.05. The predicted molar refractivity (Wildman–Crippen MR) is 84.7 cm³/mol. The number of nitrogens with zero attached hydrogens (tertiary/aromatic N) is 2. The lowest BCUT2D eigenvalue weighted by molar-refractivity contribution is 0.112. The zero-order valence-electron chi connectivity index (χ0n) is 10.7. The van der Waals surface area contributed by atoms with Gasteiger partial charge in [-0.15, -0.1) is 0 Å². The molecule has 3 rings (SSSR count). The maximum absolute atomic E-state index is 11.2. The zero-order chi connectivity index (χ0) is 14.1. The summed E-state index contributed by atoms with van der Waals surface area (Å²) in [4.78, 5) is 11.2. The van der Waals surface area contributed by atoms with E-state index < -0.39 is 0 Å². The number of aromatic nitrogens is 2. The Morgan fingerprint density at radius 1 is 1.35 bits per heavy atom. The molecule has 2 aromatic heterocycles. The van der Waals surface area contributed by atoms with Gasteiger partial charge in [0.25, 0.3) is 0 Å². The third-order valence-electron chi connectivity index (χ3n) is 3.07. The number of thiophene rings is 1. The van der Waals surface area contributed by atoms with Gasteiger partial charge in [0, 0.05) is 21.6 Å². The van der Waals surface area contributed by atoms with Crippen molar-refractivity contribution in [1.82, 2.24) is 9.78 Å². The average molecular weight is 347 g/mol. The topological polar surface area (TPSA) is 34.9 Å². The smallest absolute Gasteiger partial charge is 0.153 e. The molecule has 5 heteroatoms. The standard InChI is InChI=1S/C15H11BrN2OS/c1-10-6-13(16)2-3-14(10)18-7-12(8-19)15(17-18)11-4-5-20-9-11/h2-9H,1H3. The minimum absolute atomic E-state index is 0.603. The Bertz CT molecular complexity index is 762. The molecule has 0 unspecified atom stereocenters. The van der Waals surface area contributed by atoms with E-state index in [1.807, 2.05) is 41.9 Å². The first kappa shape index (κ1) is 13.3. The summed E-state index contributed by atoms with van der Waals surface area (Å²) >= 11 is 5.04. The molecule has 100 valence electrons. The van der Waals surface area contributed by atoms with Crippen LogP contribution < -0.4 is 0 Å². The van der Waals surface area contributed by atoms with Crippen LogP contribution in [0.1, 0.15) is 15.9 Å². The molecule has 0 aliphatic carbocycles. The zero-order valence-corrected chi connectivity index (χ0v) is 13.1. The van der Waals surface area contributed by atoms with Crippen LogP contribution in [-0.2, 0) is 0 Å². The van der Waals surface area contributed by atoms with Gasteiger partial charge < -0.3 is 0 Å². The van der Waals surface area contributed by atoms with Crippen LogP contribution in [0.25, 0.3) is 16.9 Å². The van der Waals surface area contributed by atoms with Gasteiger partial charge in [0.1, 0.15) is 5.69 Å². The van der Waals surface area contributed by atoms with Crippen molar-refractivity contribution in [3.63, 3.8) is 0 Å². The normalized spacial score (nSPS) is 10.7. The van der Waals surface area contributed by atoms with E-state index in [-0.39, 0.29) is 0 Å². The maximum Gasteiger partial charge on any atom is 0.153 e. The third-order valence-corrected chi connectivity index (χ3v) is 4.25. The largest absolute Gasteiger partial charge is 0.298 e. The van der Waals surface area contributed by atoms with Gasteiger partial charge in [0.15, 0.2) is 6.29 Å². The fourth-order valence-corrected chi connectivity index (χ4v) is 3.21. The van der Waals surface area contributed by atoms with Gasteiger partial charge in [0.2, 0.25) is 0 Å². The van der Waals surface area contributed by atoms with Gasteiger partial charge in [-0.3, -0.25) is 4.79 Å².